The molecule has 1 saturated carbocycles. The van der Waals surface area contributed by atoms with Gasteiger partial charge in [-0.15, -0.1) is 0 Å². The number of hydrogen-bond acceptors (Lipinski definition) is 3. The van der Waals surface area contributed by atoms with Crippen molar-refractivity contribution >= 4 is 15.9 Å². The SMILES string of the molecule is CCc1nn(C)c(CN(C)C2CCCC2CN)c1Br. The second kappa shape index (κ2) is 6.37. The molecule has 2 unspecified atom stereocenters. The van der Waals surface area contributed by atoms with Crippen LogP contribution < -0.4 is 5.73 Å². The molecule has 4 nitrogen and oxygen atoms in total. The lowest BCUT2D eigenvalue weighted by Gasteiger charge is -2.29. The van der Waals surface area contributed by atoms with Crippen LogP contribution in [0.2, 0.25) is 0 Å². The van der Waals surface area contributed by atoms with Gasteiger partial charge in [0.15, 0.2) is 0 Å². The van der Waals surface area contributed by atoms with E-state index in [2.05, 4.69) is 39.9 Å². The first kappa shape index (κ1) is 15.0. The number of nitrogens with zero attached hydrogens (tertiary/aromatic N) is 3. The molecule has 0 spiro atoms. The third-order valence-corrected chi connectivity index (χ3v) is 5.31. The van der Waals surface area contributed by atoms with Gasteiger partial charge in [0.2, 0.25) is 0 Å². The molecule has 1 aromatic heterocycles. The molecular weight excluding hydrogens is 304 g/mol. The summed E-state index contributed by atoms with van der Waals surface area (Å²) in [5, 5.41) is 4.57. The molecule has 0 aromatic carbocycles. The molecule has 0 amide bonds. The Labute approximate surface area is 124 Å². The van der Waals surface area contributed by atoms with Crippen LogP contribution in [0.3, 0.4) is 0 Å². The van der Waals surface area contributed by atoms with Crippen molar-refractivity contribution in [2.45, 2.75) is 45.2 Å². The summed E-state index contributed by atoms with van der Waals surface area (Å²) in [5.74, 6) is 0.655. The zero-order valence-corrected chi connectivity index (χ0v) is 13.8. The summed E-state index contributed by atoms with van der Waals surface area (Å²) in [4.78, 5) is 2.45. The topological polar surface area (TPSA) is 47.1 Å². The Morgan fingerprint density at radius 3 is 2.79 bits per heavy atom. The highest BCUT2D eigenvalue weighted by Gasteiger charge is 2.30. The van der Waals surface area contributed by atoms with Crippen molar-refractivity contribution in [3.63, 3.8) is 0 Å². The summed E-state index contributed by atoms with van der Waals surface area (Å²) in [6, 6.07) is 0.622. The van der Waals surface area contributed by atoms with Crippen LogP contribution in [0.25, 0.3) is 0 Å². The number of hydrogen-bond donors (Lipinski definition) is 1. The lowest BCUT2D eigenvalue weighted by molar-refractivity contribution is 0.188. The first-order valence-corrected chi connectivity index (χ1v) is 7.98. The maximum atomic E-state index is 5.89. The molecule has 0 aliphatic heterocycles. The van der Waals surface area contributed by atoms with E-state index in [4.69, 9.17) is 5.73 Å². The zero-order chi connectivity index (χ0) is 14.0. The van der Waals surface area contributed by atoms with E-state index in [1.807, 2.05) is 11.7 Å². The van der Waals surface area contributed by atoms with Gasteiger partial charge in [-0.05, 0) is 54.7 Å². The minimum atomic E-state index is 0.622. The van der Waals surface area contributed by atoms with Crippen molar-refractivity contribution in [2.75, 3.05) is 13.6 Å². The predicted octanol–water partition coefficient (Wildman–Crippen LogP) is 2.30. The summed E-state index contributed by atoms with van der Waals surface area (Å²) >= 11 is 3.70. The van der Waals surface area contributed by atoms with Gasteiger partial charge in [-0.25, -0.2) is 0 Å². The van der Waals surface area contributed by atoms with E-state index < -0.39 is 0 Å². The van der Waals surface area contributed by atoms with Gasteiger partial charge in [0.05, 0.1) is 15.9 Å². The van der Waals surface area contributed by atoms with Gasteiger partial charge in [-0.3, -0.25) is 9.58 Å². The highest BCUT2D eigenvalue weighted by atomic mass is 79.9. The Hall–Kier alpha value is -0.390. The van der Waals surface area contributed by atoms with Crippen LogP contribution in [0, 0.1) is 5.92 Å². The number of halogens is 1. The fraction of sp³-hybridized carbons (Fsp3) is 0.786. The van der Waals surface area contributed by atoms with Crippen molar-refractivity contribution in [1.29, 1.82) is 0 Å². The smallest absolute Gasteiger partial charge is 0.0767 e. The maximum absolute atomic E-state index is 5.89. The molecule has 2 atom stereocenters. The second-order valence-electron chi connectivity index (χ2n) is 5.59. The van der Waals surface area contributed by atoms with Crippen LogP contribution in [-0.2, 0) is 20.0 Å². The third-order valence-electron chi connectivity index (χ3n) is 4.39. The quantitative estimate of drug-likeness (QED) is 0.902. The fourth-order valence-corrected chi connectivity index (χ4v) is 3.96. The molecular formula is C14H25BrN4. The Balaban J connectivity index is 2.10. The van der Waals surface area contributed by atoms with Crippen LogP contribution in [0.5, 0.6) is 0 Å². The normalized spacial score (nSPS) is 23.5. The Kier molecular flexibility index (Phi) is 5.03. The van der Waals surface area contributed by atoms with Gasteiger partial charge < -0.3 is 5.73 Å². The van der Waals surface area contributed by atoms with E-state index in [1.54, 1.807) is 0 Å². The summed E-state index contributed by atoms with van der Waals surface area (Å²) < 4.78 is 3.18. The number of rotatable bonds is 5. The monoisotopic (exact) mass is 328 g/mol. The van der Waals surface area contributed by atoms with Crippen LogP contribution in [0.1, 0.15) is 37.6 Å². The van der Waals surface area contributed by atoms with Gasteiger partial charge in [-0.2, -0.15) is 5.10 Å². The zero-order valence-electron chi connectivity index (χ0n) is 12.2. The lowest BCUT2D eigenvalue weighted by Crippen LogP contribution is -2.37. The van der Waals surface area contributed by atoms with E-state index in [-0.39, 0.29) is 0 Å². The molecule has 0 radical (unpaired) electrons. The molecule has 108 valence electrons. The van der Waals surface area contributed by atoms with Crippen LogP contribution in [0.15, 0.2) is 4.47 Å². The summed E-state index contributed by atoms with van der Waals surface area (Å²) in [6.07, 6.45) is 4.82. The van der Waals surface area contributed by atoms with Crippen molar-refractivity contribution in [3.8, 4) is 0 Å². The molecule has 0 saturated heterocycles. The first-order valence-electron chi connectivity index (χ1n) is 7.19. The number of nitrogens with two attached hydrogens (primary N) is 1. The Morgan fingerprint density at radius 1 is 1.47 bits per heavy atom. The molecule has 2 rings (SSSR count). The average Bonchev–Trinajstić information content (AvgIpc) is 2.97. The Bertz CT molecular complexity index is 429. The van der Waals surface area contributed by atoms with E-state index in [9.17, 15) is 0 Å². The van der Waals surface area contributed by atoms with Crippen molar-refractivity contribution in [2.24, 2.45) is 18.7 Å². The standard InChI is InChI=1S/C14H25BrN4/c1-4-11-14(15)13(19(3)17-11)9-18(2)12-7-5-6-10(12)8-16/h10,12H,4-9,16H2,1-3H3. The minimum absolute atomic E-state index is 0.622. The van der Waals surface area contributed by atoms with Crippen LogP contribution in [0.4, 0.5) is 0 Å². The molecule has 1 fully saturated rings. The van der Waals surface area contributed by atoms with Crippen molar-refractivity contribution in [3.05, 3.63) is 15.9 Å². The molecule has 5 heteroatoms. The van der Waals surface area contributed by atoms with Crippen LogP contribution >= 0.6 is 15.9 Å². The molecule has 19 heavy (non-hydrogen) atoms. The average molecular weight is 329 g/mol. The lowest BCUT2D eigenvalue weighted by atomic mass is 10.0. The third kappa shape index (κ3) is 3.03. The van der Waals surface area contributed by atoms with Gasteiger partial charge in [0.25, 0.3) is 0 Å². The molecule has 1 aliphatic carbocycles. The number of aromatic nitrogens is 2. The highest BCUT2D eigenvalue weighted by Crippen LogP contribution is 2.30. The number of aryl methyl sites for hydroxylation is 2. The minimum Gasteiger partial charge on any atom is -0.330 e. The predicted molar refractivity (Wildman–Crippen MR) is 81.9 cm³/mol. The van der Waals surface area contributed by atoms with Gasteiger partial charge >= 0.3 is 0 Å². The fourth-order valence-electron chi connectivity index (χ4n) is 3.22. The second-order valence-corrected chi connectivity index (χ2v) is 6.39. The van der Waals surface area contributed by atoms with E-state index in [0.717, 1.165) is 25.2 Å². The molecule has 2 N–H and O–H groups in total. The summed E-state index contributed by atoms with van der Waals surface area (Å²) in [5.41, 5.74) is 8.30. The summed E-state index contributed by atoms with van der Waals surface area (Å²) in [7, 11) is 4.24. The van der Waals surface area contributed by atoms with Gasteiger partial charge in [0.1, 0.15) is 0 Å². The van der Waals surface area contributed by atoms with E-state index in [0.29, 0.717) is 12.0 Å². The van der Waals surface area contributed by atoms with Crippen LogP contribution in [-0.4, -0.2) is 34.3 Å². The van der Waals surface area contributed by atoms with Crippen molar-refractivity contribution < 1.29 is 0 Å². The van der Waals surface area contributed by atoms with Gasteiger partial charge in [0, 0.05) is 19.6 Å². The largest absolute Gasteiger partial charge is 0.330 e. The molecule has 1 aromatic rings. The Morgan fingerprint density at radius 2 is 2.21 bits per heavy atom. The van der Waals surface area contributed by atoms with E-state index >= 15 is 0 Å². The maximum Gasteiger partial charge on any atom is 0.0767 e. The van der Waals surface area contributed by atoms with Gasteiger partial charge in [-0.1, -0.05) is 13.3 Å². The van der Waals surface area contributed by atoms with Crippen molar-refractivity contribution in [1.82, 2.24) is 14.7 Å². The molecule has 0 bridgehead atoms. The molecule has 1 heterocycles. The van der Waals surface area contributed by atoms with E-state index in [1.165, 1.54) is 29.4 Å². The molecule has 1 aliphatic rings. The summed E-state index contributed by atoms with van der Waals surface area (Å²) in [6.45, 7) is 3.88. The first-order chi connectivity index (χ1) is 9.08. The highest BCUT2D eigenvalue weighted by molar-refractivity contribution is 9.10.